The number of rotatable bonds is 5. The van der Waals surface area contributed by atoms with Crippen LogP contribution < -0.4 is 5.32 Å². The average molecular weight is 270 g/mol. The maximum atomic E-state index is 11.8. The van der Waals surface area contributed by atoms with Gasteiger partial charge in [-0.25, -0.2) is 0 Å². The van der Waals surface area contributed by atoms with Gasteiger partial charge < -0.3 is 15.0 Å². The summed E-state index contributed by atoms with van der Waals surface area (Å²) in [6.45, 7) is 5.27. The fourth-order valence-electron chi connectivity index (χ4n) is 1.75. The van der Waals surface area contributed by atoms with Crippen molar-refractivity contribution in [2.75, 3.05) is 31.6 Å². The molecule has 0 bridgehead atoms. The molecule has 2 heterocycles. The zero-order valence-electron chi connectivity index (χ0n) is 10.5. The highest BCUT2D eigenvalue weighted by Gasteiger charge is 2.19. The van der Waals surface area contributed by atoms with Crippen molar-refractivity contribution in [1.82, 2.24) is 14.5 Å². The third-order valence-electron chi connectivity index (χ3n) is 2.75. The lowest BCUT2D eigenvalue weighted by molar-refractivity contribution is -0.131. The van der Waals surface area contributed by atoms with Crippen LogP contribution in [0, 0.1) is 0 Å². The second kappa shape index (κ2) is 6.65. The Morgan fingerprint density at radius 2 is 2.39 bits per heavy atom. The second-order valence-corrected chi connectivity index (χ2v) is 4.91. The SMILES string of the molecule is CCCNc1snnc1CN1CCOCCC1=O. The summed E-state index contributed by atoms with van der Waals surface area (Å²) in [7, 11) is 0. The van der Waals surface area contributed by atoms with E-state index in [1.165, 1.54) is 11.5 Å². The Labute approximate surface area is 110 Å². The summed E-state index contributed by atoms with van der Waals surface area (Å²) in [4.78, 5) is 13.6. The van der Waals surface area contributed by atoms with E-state index in [1.54, 1.807) is 4.90 Å². The number of ether oxygens (including phenoxy) is 1. The van der Waals surface area contributed by atoms with Gasteiger partial charge in [0.1, 0.15) is 10.7 Å². The normalized spacial score (nSPS) is 16.7. The van der Waals surface area contributed by atoms with Crippen LogP contribution in [0.25, 0.3) is 0 Å². The molecule has 6 nitrogen and oxygen atoms in total. The third-order valence-corrected chi connectivity index (χ3v) is 3.48. The number of hydrogen-bond donors (Lipinski definition) is 1. The number of nitrogens with zero attached hydrogens (tertiary/aromatic N) is 3. The standard InChI is InChI=1S/C11H18N4O2S/c1-2-4-12-11-9(13-14-18-11)8-15-5-7-17-6-3-10(15)16/h12H,2-8H2,1H3. The molecular formula is C11H18N4O2S. The van der Waals surface area contributed by atoms with Gasteiger partial charge in [-0.2, -0.15) is 0 Å². The molecule has 0 saturated carbocycles. The van der Waals surface area contributed by atoms with Crippen LogP contribution in [0.5, 0.6) is 0 Å². The molecule has 1 aliphatic rings. The fraction of sp³-hybridized carbons (Fsp3) is 0.727. The smallest absolute Gasteiger partial charge is 0.225 e. The zero-order chi connectivity index (χ0) is 12.8. The van der Waals surface area contributed by atoms with Crippen LogP contribution in [0.3, 0.4) is 0 Å². The molecule has 2 rings (SSSR count). The van der Waals surface area contributed by atoms with Crippen molar-refractivity contribution < 1.29 is 9.53 Å². The van der Waals surface area contributed by atoms with Gasteiger partial charge in [0.2, 0.25) is 5.91 Å². The van der Waals surface area contributed by atoms with Crippen LogP contribution in [-0.4, -0.2) is 46.7 Å². The van der Waals surface area contributed by atoms with Crippen LogP contribution in [0.1, 0.15) is 25.5 Å². The average Bonchev–Trinajstić information content (AvgIpc) is 2.71. The van der Waals surface area contributed by atoms with Crippen LogP contribution in [0.15, 0.2) is 0 Å². The Balaban J connectivity index is 1.99. The van der Waals surface area contributed by atoms with Crippen LogP contribution in [0.2, 0.25) is 0 Å². The number of aromatic nitrogens is 2. The first-order valence-electron chi connectivity index (χ1n) is 6.22. The molecule has 18 heavy (non-hydrogen) atoms. The first-order valence-corrected chi connectivity index (χ1v) is 6.99. The number of carbonyl (C=O) groups is 1. The summed E-state index contributed by atoms with van der Waals surface area (Å²) >= 11 is 1.34. The van der Waals surface area contributed by atoms with Gasteiger partial charge in [0.05, 0.1) is 26.2 Å². The molecule has 1 aromatic heterocycles. The summed E-state index contributed by atoms with van der Waals surface area (Å²) < 4.78 is 9.25. The van der Waals surface area contributed by atoms with Crippen LogP contribution >= 0.6 is 11.5 Å². The van der Waals surface area contributed by atoms with Crippen LogP contribution in [-0.2, 0) is 16.1 Å². The van der Waals surface area contributed by atoms with Crippen molar-refractivity contribution in [1.29, 1.82) is 0 Å². The lowest BCUT2D eigenvalue weighted by atomic mass is 10.3. The molecule has 1 aromatic rings. The quantitative estimate of drug-likeness (QED) is 0.868. The lowest BCUT2D eigenvalue weighted by Gasteiger charge is -2.18. The van der Waals surface area contributed by atoms with Gasteiger partial charge in [-0.1, -0.05) is 11.4 Å². The maximum absolute atomic E-state index is 11.8. The fourth-order valence-corrected chi connectivity index (χ4v) is 2.35. The van der Waals surface area contributed by atoms with Crippen molar-refractivity contribution in [3.63, 3.8) is 0 Å². The predicted molar refractivity (Wildman–Crippen MR) is 69.5 cm³/mol. The zero-order valence-corrected chi connectivity index (χ0v) is 11.3. The van der Waals surface area contributed by atoms with Crippen LogP contribution in [0.4, 0.5) is 5.00 Å². The highest BCUT2D eigenvalue weighted by atomic mass is 32.1. The molecule has 1 aliphatic heterocycles. The monoisotopic (exact) mass is 270 g/mol. The van der Waals surface area contributed by atoms with Crippen molar-refractivity contribution in [3.05, 3.63) is 5.69 Å². The minimum atomic E-state index is 0.127. The molecule has 0 radical (unpaired) electrons. The topological polar surface area (TPSA) is 67.3 Å². The van der Waals surface area contributed by atoms with E-state index in [1.807, 2.05) is 0 Å². The van der Waals surface area contributed by atoms with Crippen molar-refractivity contribution >= 4 is 22.4 Å². The van der Waals surface area contributed by atoms with Crippen molar-refractivity contribution in [2.45, 2.75) is 26.3 Å². The molecule has 0 aromatic carbocycles. The molecule has 0 spiro atoms. The Bertz CT molecular complexity index is 396. The third kappa shape index (κ3) is 3.39. The molecule has 1 amide bonds. The molecular weight excluding hydrogens is 252 g/mol. The first-order chi connectivity index (χ1) is 8.81. The van der Waals surface area contributed by atoms with E-state index in [9.17, 15) is 4.79 Å². The van der Waals surface area contributed by atoms with Crippen molar-refractivity contribution in [2.24, 2.45) is 0 Å². The summed E-state index contributed by atoms with van der Waals surface area (Å²) in [5, 5.41) is 8.35. The van der Waals surface area contributed by atoms with Gasteiger partial charge in [-0.05, 0) is 6.42 Å². The maximum Gasteiger partial charge on any atom is 0.225 e. The van der Waals surface area contributed by atoms with Gasteiger partial charge in [-0.15, -0.1) is 5.10 Å². The Kier molecular flexibility index (Phi) is 4.89. The number of hydrogen-bond acceptors (Lipinski definition) is 6. The van der Waals surface area contributed by atoms with Gasteiger partial charge in [0.15, 0.2) is 0 Å². The summed E-state index contributed by atoms with van der Waals surface area (Å²) in [5.74, 6) is 0.127. The largest absolute Gasteiger partial charge is 0.379 e. The molecule has 7 heteroatoms. The molecule has 100 valence electrons. The van der Waals surface area contributed by atoms with E-state index in [0.717, 1.165) is 23.7 Å². The number of carbonyl (C=O) groups excluding carboxylic acids is 1. The van der Waals surface area contributed by atoms with Gasteiger partial charge >= 0.3 is 0 Å². The number of nitrogens with one attached hydrogen (secondary N) is 1. The second-order valence-electron chi connectivity index (χ2n) is 4.15. The van der Waals surface area contributed by atoms with Crippen molar-refractivity contribution in [3.8, 4) is 0 Å². The Morgan fingerprint density at radius 3 is 3.22 bits per heavy atom. The summed E-state index contributed by atoms with van der Waals surface area (Å²) in [6, 6.07) is 0. The van der Waals surface area contributed by atoms with Gasteiger partial charge in [0.25, 0.3) is 0 Å². The minimum absolute atomic E-state index is 0.127. The predicted octanol–water partition coefficient (Wildman–Crippen LogP) is 1.11. The summed E-state index contributed by atoms with van der Waals surface area (Å²) in [5.41, 5.74) is 0.851. The molecule has 0 atom stereocenters. The number of anilines is 1. The number of amides is 1. The lowest BCUT2D eigenvalue weighted by Crippen LogP contribution is -2.31. The van der Waals surface area contributed by atoms with E-state index in [2.05, 4.69) is 21.8 Å². The van der Waals surface area contributed by atoms with E-state index < -0.39 is 0 Å². The van der Waals surface area contributed by atoms with E-state index in [-0.39, 0.29) is 5.91 Å². The van der Waals surface area contributed by atoms with E-state index in [0.29, 0.717) is 32.7 Å². The molecule has 1 N–H and O–H groups in total. The Hall–Kier alpha value is -1.21. The molecule has 1 fully saturated rings. The molecule has 1 saturated heterocycles. The first kappa shape index (κ1) is 13.2. The highest BCUT2D eigenvalue weighted by molar-refractivity contribution is 7.10. The minimum Gasteiger partial charge on any atom is -0.379 e. The van der Waals surface area contributed by atoms with E-state index >= 15 is 0 Å². The van der Waals surface area contributed by atoms with Gasteiger partial charge in [-0.3, -0.25) is 4.79 Å². The highest BCUT2D eigenvalue weighted by Crippen LogP contribution is 2.20. The van der Waals surface area contributed by atoms with E-state index in [4.69, 9.17) is 4.74 Å². The van der Waals surface area contributed by atoms with Gasteiger partial charge in [0, 0.05) is 24.6 Å². The summed E-state index contributed by atoms with van der Waals surface area (Å²) in [6.07, 6.45) is 1.50. The molecule has 0 aliphatic carbocycles. The molecule has 0 unspecified atom stereocenters. The Morgan fingerprint density at radius 1 is 1.50 bits per heavy atom.